The lowest BCUT2D eigenvalue weighted by Crippen LogP contribution is -1.89. The molecule has 0 radical (unpaired) electrons. The van der Waals surface area contributed by atoms with Crippen molar-refractivity contribution < 1.29 is 4.74 Å². The molecule has 0 saturated heterocycles. The average molecular weight is 638 g/mol. The minimum Gasteiger partial charge on any atom is -0.455 e. The predicted molar refractivity (Wildman–Crippen MR) is 135 cm³/mol. The summed E-state index contributed by atoms with van der Waals surface area (Å²) in [6.07, 6.45) is 0. The van der Waals surface area contributed by atoms with Gasteiger partial charge in [-0.05, 0) is 103 Å². The molecule has 4 aromatic rings. The molecule has 0 bridgehead atoms. The quantitative estimate of drug-likeness (QED) is 0.216. The van der Waals surface area contributed by atoms with E-state index < -0.39 is 0 Å². The molecular weight excluding hydrogens is 624 g/mol. The van der Waals surface area contributed by atoms with Crippen LogP contribution in [0.2, 0.25) is 0 Å². The summed E-state index contributed by atoms with van der Waals surface area (Å²) in [4.78, 5) is 0. The first kappa shape index (κ1) is 20.9. The highest BCUT2D eigenvalue weighted by Gasteiger charge is 2.10. The van der Waals surface area contributed by atoms with Crippen molar-refractivity contribution in [2.45, 2.75) is 0 Å². The molecule has 0 aliphatic heterocycles. The third kappa shape index (κ3) is 5.02. The van der Waals surface area contributed by atoms with Gasteiger partial charge in [-0.3, -0.25) is 0 Å². The van der Waals surface area contributed by atoms with Gasteiger partial charge in [0.25, 0.3) is 0 Å². The number of rotatable bonds is 4. The van der Waals surface area contributed by atoms with Crippen molar-refractivity contribution in [3.05, 3.63) is 103 Å². The van der Waals surface area contributed by atoms with E-state index in [-0.39, 0.29) is 0 Å². The molecule has 0 aliphatic rings. The summed E-state index contributed by atoms with van der Waals surface area (Å²) in [7, 11) is 0. The summed E-state index contributed by atoms with van der Waals surface area (Å²) >= 11 is 14.2. The second kappa shape index (κ2) is 9.17. The van der Waals surface area contributed by atoms with Gasteiger partial charge in [0.15, 0.2) is 0 Å². The lowest BCUT2D eigenvalue weighted by Gasteiger charge is -2.12. The second-order valence-electron chi connectivity index (χ2n) is 6.41. The fraction of sp³-hybridized carbons (Fsp3) is 0. The van der Waals surface area contributed by atoms with Crippen LogP contribution in [-0.2, 0) is 0 Å². The Labute approximate surface area is 203 Å². The zero-order valence-electron chi connectivity index (χ0n) is 15.0. The van der Waals surface area contributed by atoms with Crippen molar-refractivity contribution in [2.75, 3.05) is 0 Å². The molecule has 0 atom stereocenters. The van der Waals surface area contributed by atoms with Gasteiger partial charge in [-0.2, -0.15) is 0 Å². The fourth-order valence-electron chi connectivity index (χ4n) is 2.93. The maximum Gasteiger partial charge on any atom is 0.141 e. The Bertz CT molecular complexity index is 1060. The summed E-state index contributed by atoms with van der Waals surface area (Å²) in [5.41, 5.74) is 4.56. The Morgan fingerprint density at radius 3 is 1.10 bits per heavy atom. The third-order valence-corrected chi connectivity index (χ3v) is 6.74. The number of ether oxygens (including phenoxy) is 1. The van der Waals surface area contributed by atoms with Crippen LogP contribution in [0.3, 0.4) is 0 Å². The maximum absolute atomic E-state index is 6.15. The summed E-state index contributed by atoms with van der Waals surface area (Å²) in [5.74, 6) is 1.53. The third-order valence-electron chi connectivity index (χ3n) is 4.44. The summed E-state index contributed by atoms with van der Waals surface area (Å²) in [6.45, 7) is 0. The molecule has 5 heteroatoms. The predicted octanol–water partition coefficient (Wildman–Crippen LogP) is 9.86. The van der Waals surface area contributed by atoms with Crippen LogP contribution in [-0.4, -0.2) is 0 Å². The van der Waals surface area contributed by atoms with Crippen LogP contribution >= 0.6 is 63.7 Å². The molecule has 4 rings (SSSR count). The first-order valence-corrected chi connectivity index (χ1v) is 12.0. The van der Waals surface area contributed by atoms with E-state index in [9.17, 15) is 0 Å². The maximum atomic E-state index is 6.15. The highest BCUT2D eigenvalue weighted by atomic mass is 79.9. The number of hydrogen-bond acceptors (Lipinski definition) is 1. The minimum absolute atomic E-state index is 0.767. The first-order valence-electron chi connectivity index (χ1n) is 8.78. The van der Waals surface area contributed by atoms with E-state index in [4.69, 9.17) is 4.74 Å². The summed E-state index contributed by atoms with van der Waals surface area (Å²) < 4.78 is 10.1. The Morgan fingerprint density at radius 2 is 0.759 bits per heavy atom. The van der Waals surface area contributed by atoms with Crippen molar-refractivity contribution in [2.24, 2.45) is 0 Å². The van der Waals surface area contributed by atoms with Crippen molar-refractivity contribution in [3.8, 4) is 33.8 Å². The van der Waals surface area contributed by atoms with Crippen LogP contribution in [0.25, 0.3) is 22.3 Å². The smallest absolute Gasteiger partial charge is 0.141 e. The standard InChI is InChI=1S/C24H14Br4O/c25-19-7-1-15(2-8-19)17-5-11-23(21(27)13-17)29-24-12-6-18(14-22(24)28)16-3-9-20(26)10-4-16/h1-14H. The van der Waals surface area contributed by atoms with Gasteiger partial charge in [-0.25, -0.2) is 0 Å². The number of halogens is 4. The van der Waals surface area contributed by atoms with Crippen molar-refractivity contribution in [1.29, 1.82) is 0 Å². The van der Waals surface area contributed by atoms with E-state index in [2.05, 4.69) is 112 Å². The molecule has 0 heterocycles. The van der Waals surface area contributed by atoms with Gasteiger partial charge < -0.3 is 4.74 Å². The number of hydrogen-bond donors (Lipinski definition) is 0. The molecular formula is C24H14Br4O. The van der Waals surface area contributed by atoms with Crippen molar-refractivity contribution >= 4 is 63.7 Å². The Kier molecular flexibility index (Phi) is 6.60. The molecule has 0 amide bonds. The van der Waals surface area contributed by atoms with Crippen molar-refractivity contribution in [1.82, 2.24) is 0 Å². The van der Waals surface area contributed by atoms with Gasteiger partial charge in [0.1, 0.15) is 11.5 Å². The molecule has 0 N–H and O–H groups in total. The molecule has 0 saturated carbocycles. The lowest BCUT2D eigenvalue weighted by molar-refractivity contribution is 0.477. The summed E-state index contributed by atoms with van der Waals surface area (Å²) in [6, 6.07) is 28.7. The minimum atomic E-state index is 0.767. The topological polar surface area (TPSA) is 9.23 Å². The Hall–Kier alpha value is -1.40. The summed E-state index contributed by atoms with van der Waals surface area (Å²) in [5, 5.41) is 0. The Morgan fingerprint density at radius 1 is 0.414 bits per heavy atom. The van der Waals surface area contributed by atoms with E-state index in [0.29, 0.717) is 0 Å². The van der Waals surface area contributed by atoms with Gasteiger partial charge in [-0.15, -0.1) is 0 Å². The van der Waals surface area contributed by atoms with E-state index in [1.54, 1.807) is 0 Å². The van der Waals surface area contributed by atoms with Crippen LogP contribution in [0, 0.1) is 0 Å². The van der Waals surface area contributed by atoms with Gasteiger partial charge in [-0.1, -0.05) is 68.3 Å². The van der Waals surface area contributed by atoms with Gasteiger partial charge >= 0.3 is 0 Å². The zero-order chi connectivity index (χ0) is 20.4. The van der Waals surface area contributed by atoms with Gasteiger partial charge in [0, 0.05) is 8.95 Å². The van der Waals surface area contributed by atoms with Crippen molar-refractivity contribution in [3.63, 3.8) is 0 Å². The largest absolute Gasteiger partial charge is 0.455 e. The van der Waals surface area contributed by atoms with E-state index >= 15 is 0 Å². The molecule has 0 fully saturated rings. The Balaban J connectivity index is 1.57. The lowest BCUT2D eigenvalue weighted by atomic mass is 10.1. The van der Waals surface area contributed by atoms with Crippen LogP contribution in [0.15, 0.2) is 103 Å². The molecule has 1 nitrogen and oxygen atoms in total. The zero-order valence-corrected chi connectivity index (χ0v) is 21.3. The van der Waals surface area contributed by atoms with Crippen LogP contribution in [0.5, 0.6) is 11.5 Å². The molecule has 0 aromatic heterocycles. The van der Waals surface area contributed by atoms with E-state index in [1.165, 1.54) is 0 Å². The molecule has 0 spiro atoms. The molecule has 0 aliphatic carbocycles. The first-order chi connectivity index (χ1) is 14.0. The van der Waals surface area contributed by atoms with E-state index in [1.807, 2.05) is 36.4 Å². The second-order valence-corrected chi connectivity index (χ2v) is 9.95. The highest BCUT2D eigenvalue weighted by molar-refractivity contribution is 9.11. The van der Waals surface area contributed by atoms with Crippen LogP contribution in [0.4, 0.5) is 0 Å². The van der Waals surface area contributed by atoms with Crippen LogP contribution in [0.1, 0.15) is 0 Å². The average Bonchev–Trinajstić information content (AvgIpc) is 2.72. The SMILES string of the molecule is Brc1ccc(-c2ccc(Oc3ccc(-c4ccc(Br)cc4)cc3Br)c(Br)c2)cc1. The molecule has 4 aromatic carbocycles. The van der Waals surface area contributed by atoms with Crippen LogP contribution < -0.4 is 4.74 Å². The normalized spacial score (nSPS) is 10.8. The van der Waals surface area contributed by atoms with Gasteiger partial charge in [0.2, 0.25) is 0 Å². The highest BCUT2D eigenvalue weighted by Crippen LogP contribution is 2.38. The molecule has 0 unspecified atom stereocenters. The molecule has 29 heavy (non-hydrogen) atoms. The van der Waals surface area contributed by atoms with Gasteiger partial charge in [0.05, 0.1) is 8.95 Å². The van der Waals surface area contributed by atoms with E-state index in [0.717, 1.165) is 51.6 Å². The monoisotopic (exact) mass is 634 g/mol. The number of benzene rings is 4. The fourth-order valence-corrected chi connectivity index (χ4v) is 4.38. The molecule has 144 valence electrons.